The average Bonchev–Trinajstić information content (AvgIpc) is 1.75. The van der Waals surface area contributed by atoms with Gasteiger partial charge in [0.2, 0.25) is 5.79 Å². The van der Waals surface area contributed by atoms with E-state index in [1.54, 1.807) is 6.07 Å². The Balaban J connectivity index is 1.27. The summed E-state index contributed by atoms with van der Waals surface area (Å²) in [5.74, 6) is -8.11. The summed E-state index contributed by atoms with van der Waals surface area (Å²) >= 11 is 0. The van der Waals surface area contributed by atoms with Gasteiger partial charge in [-0.3, -0.25) is 4.79 Å². The lowest BCUT2D eigenvalue weighted by Gasteiger charge is -2.51. The fraction of sp³-hybridized carbons (Fsp3) is 0.552. The summed E-state index contributed by atoms with van der Waals surface area (Å²) in [5.41, 5.74) is 0.446. The SMILES string of the molecule is COc1cc(C=CC(=O)OC2C(COC(C)=O)OC(OC3(COC(=O)C=Cc4ccc(O)cc4)OC(CO)C(O)C3OC(=O)c3ccccc3)C(OC3OC(CO)C(O)C(O)C3O)C2OC2OC(CO)C(OC3OC(CO)C(O)C(O)C3O)C(O)C2O)ccc1O. The number of methoxy groups -OCH3 is 1. The van der Waals surface area contributed by atoms with Gasteiger partial charge in [-0.2, -0.15) is 0 Å². The highest BCUT2D eigenvalue weighted by Crippen LogP contribution is 2.43. The number of phenolic OH excluding ortho intramolecular Hbond substituents is 2. The van der Waals surface area contributed by atoms with Gasteiger partial charge in [-0.05, 0) is 59.7 Å². The van der Waals surface area contributed by atoms with Crippen molar-refractivity contribution in [2.75, 3.05) is 46.8 Å². The van der Waals surface area contributed by atoms with E-state index in [0.29, 0.717) is 5.56 Å². The normalized spacial score (nSPS) is 36.8. The average molecular weight is 1300 g/mol. The van der Waals surface area contributed by atoms with Crippen LogP contribution < -0.4 is 4.74 Å². The van der Waals surface area contributed by atoms with Crippen molar-refractivity contribution < 1.29 is 162 Å². The van der Waals surface area contributed by atoms with E-state index in [0.717, 1.165) is 19.1 Å². The second-order valence-electron chi connectivity index (χ2n) is 21.4. The van der Waals surface area contributed by atoms with Crippen LogP contribution in [0.5, 0.6) is 17.2 Å². The molecule has 5 fully saturated rings. The minimum absolute atomic E-state index is 0.0280. The number of hydrogen-bond donors (Lipinski definition) is 15. The Morgan fingerprint density at radius 3 is 1.63 bits per heavy atom. The van der Waals surface area contributed by atoms with Crippen LogP contribution >= 0.6 is 0 Å². The van der Waals surface area contributed by atoms with Crippen molar-refractivity contribution in [3.05, 3.63) is 102 Å². The molecule has 3 aromatic rings. The first-order valence-corrected chi connectivity index (χ1v) is 28.2. The molecule has 5 heterocycles. The first-order valence-electron chi connectivity index (χ1n) is 28.2. The number of aliphatic hydroxyl groups is 13. The van der Waals surface area contributed by atoms with Crippen LogP contribution in [-0.4, -0.2) is 294 Å². The number of aromatic hydroxyl groups is 2. The maximum atomic E-state index is 14.3. The van der Waals surface area contributed by atoms with Crippen LogP contribution in [0.15, 0.2) is 84.9 Å². The zero-order valence-electron chi connectivity index (χ0n) is 48.3. The molecule has 8 rings (SSSR count). The van der Waals surface area contributed by atoms with Crippen molar-refractivity contribution >= 4 is 36.0 Å². The van der Waals surface area contributed by atoms with Gasteiger partial charge >= 0.3 is 23.9 Å². The second kappa shape index (κ2) is 31.4. The predicted octanol–water partition coefficient (Wildman–Crippen LogP) is -5.54. The van der Waals surface area contributed by atoms with E-state index < -0.39 is 210 Å². The molecule has 24 unspecified atom stereocenters. The Bertz CT molecular complexity index is 2930. The lowest BCUT2D eigenvalue weighted by Crippen LogP contribution is -2.69. The predicted molar refractivity (Wildman–Crippen MR) is 294 cm³/mol. The quantitative estimate of drug-likeness (QED) is 0.0226. The van der Waals surface area contributed by atoms with E-state index >= 15 is 0 Å². The number of ether oxygens (including phenoxy) is 14. The van der Waals surface area contributed by atoms with Crippen LogP contribution in [0.2, 0.25) is 0 Å². The number of phenols is 2. The molecular formula is C58H72O33. The van der Waals surface area contributed by atoms with Crippen LogP contribution in [0.25, 0.3) is 12.2 Å². The van der Waals surface area contributed by atoms with Gasteiger partial charge in [0.1, 0.15) is 123 Å². The molecule has 3 aromatic carbocycles. The molecule has 15 N–H and O–H groups in total. The molecule has 0 aromatic heterocycles. The van der Waals surface area contributed by atoms with E-state index in [4.69, 9.17) is 66.3 Å². The molecule has 0 bridgehead atoms. The third kappa shape index (κ3) is 16.5. The van der Waals surface area contributed by atoms with Gasteiger partial charge in [-0.1, -0.05) is 36.4 Å². The van der Waals surface area contributed by atoms with Gasteiger partial charge in [0.05, 0.1) is 39.1 Å². The Hall–Kier alpha value is -6.46. The van der Waals surface area contributed by atoms with Gasteiger partial charge in [0.25, 0.3) is 0 Å². The Labute approximate surface area is 516 Å². The van der Waals surface area contributed by atoms with Crippen LogP contribution in [0, 0.1) is 0 Å². The summed E-state index contributed by atoms with van der Waals surface area (Å²) in [4.78, 5) is 54.9. The third-order valence-corrected chi connectivity index (χ3v) is 15.2. The molecule has 0 amide bonds. The highest BCUT2D eigenvalue weighted by molar-refractivity contribution is 5.90. The maximum absolute atomic E-state index is 14.3. The van der Waals surface area contributed by atoms with Gasteiger partial charge in [0, 0.05) is 19.1 Å². The molecule has 0 aliphatic carbocycles. The number of esters is 4. The van der Waals surface area contributed by atoms with Gasteiger partial charge < -0.3 is 143 Å². The van der Waals surface area contributed by atoms with Crippen LogP contribution in [0.4, 0.5) is 0 Å². The molecule has 24 atom stereocenters. The maximum Gasteiger partial charge on any atom is 0.338 e. The second-order valence-corrected chi connectivity index (χ2v) is 21.4. The standard InChI is InChI=1S/C58H72O33/c1-25(63)79-23-36-49(85-38(67)17-12-27-10-15-30(65)31(18-27)78-2)50(87-56-47(76)44(73)48(35(22-62)83-56)86-54-45(74)42(71)39(68)32(19-59)81-54)51(88-55-46(75)43(72)40(69)33(20-60)82-55)57(84-36)91-58(24-80-37(66)16-11-26-8-13-29(64)14-9-26)52(41(70)34(21-61)90-58)89-53(77)28-6-4-3-5-7-28/h3-18,32-36,39-52,54-57,59-62,64-65,68-76H,19-24H2,1-2H3. The first-order chi connectivity index (χ1) is 43.4. The minimum atomic E-state index is -2.98. The molecule has 5 aliphatic rings. The van der Waals surface area contributed by atoms with Crippen molar-refractivity contribution in [2.45, 2.75) is 154 Å². The summed E-state index contributed by atoms with van der Waals surface area (Å²) in [6, 6.07) is 16.5. The summed E-state index contributed by atoms with van der Waals surface area (Å²) in [5, 5.41) is 163. The summed E-state index contributed by atoms with van der Waals surface area (Å²) in [6.07, 6.45) is -44.8. The smallest absolute Gasteiger partial charge is 0.338 e. The summed E-state index contributed by atoms with van der Waals surface area (Å²) in [7, 11) is 1.25. The zero-order valence-corrected chi connectivity index (χ0v) is 48.3. The molecule has 0 saturated carbocycles. The van der Waals surface area contributed by atoms with E-state index in [1.165, 1.54) is 86.0 Å². The van der Waals surface area contributed by atoms with Crippen molar-refractivity contribution in [1.29, 1.82) is 0 Å². The largest absolute Gasteiger partial charge is 0.508 e. The Morgan fingerprint density at radius 1 is 0.516 bits per heavy atom. The number of benzene rings is 3. The topological polar surface area (TPSA) is 501 Å². The lowest BCUT2D eigenvalue weighted by molar-refractivity contribution is -0.423. The highest BCUT2D eigenvalue weighted by atomic mass is 16.8. The van der Waals surface area contributed by atoms with Crippen LogP contribution in [0.3, 0.4) is 0 Å². The van der Waals surface area contributed by atoms with E-state index in [2.05, 4.69) is 0 Å². The van der Waals surface area contributed by atoms with Gasteiger partial charge in [-0.15, -0.1) is 0 Å². The van der Waals surface area contributed by atoms with Crippen molar-refractivity contribution in [2.24, 2.45) is 0 Å². The van der Waals surface area contributed by atoms with Crippen molar-refractivity contribution in [1.82, 2.24) is 0 Å². The van der Waals surface area contributed by atoms with Crippen LogP contribution in [-0.2, 0) is 76.0 Å². The Kier molecular flexibility index (Phi) is 24.3. The molecule has 0 spiro atoms. The molecule has 5 saturated heterocycles. The number of hydrogen-bond acceptors (Lipinski definition) is 33. The number of carbonyl (C=O) groups is 4. The highest BCUT2D eigenvalue weighted by Gasteiger charge is 2.64. The summed E-state index contributed by atoms with van der Waals surface area (Å²) in [6.45, 7) is -5.56. The Morgan fingerprint density at radius 2 is 1.04 bits per heavy atom. The fourth-order valence-corrected chi connectivity index (χ4v) is 10.4. The first kappa shape index (κ1) is 70.4. The molecule has 33 heteroatoms. The van der Waals surface area contributed by atoms with Crippen molar-refractivity contribution in [3.8, 4) is 17.2 Å². The summed E-state index contributed by atoms with van der Waals surface area (Å²) < 4.78 is 83.1. The number of aliphatic hydroxyl groups excluding tert-OH is 13. The lowest BCUT2D eigenvalue weighted by atomic mass is 9.95. The van der Waals surface area contributed by atoms with E-state index in [-0.39, 0.29) is 28.4 Å². The molecule has 0 radical (unpaired) electrons. The van der Waals surface area contributed by atoms with Crippen molar-refractivity contribution in [3.63, 3.8) is 0 Å². The molecule has 91 heavy (non-hydrogen) atoms. The van der Waals surface area contributed by atoms with Gasteiger partial charge in [-0.25, -0.2) is 14.4 Å². The monoisotopic (exact) mass is 1300 g/mol. The van der Waals surface area contributed by atoms with Gasteiger partial charge in [0.15, 0.2) is 48.9 Å². The molecule has 33 nitrogen and oxygen atoms in total. The van der Waals surface area contributed by atoms with E-state index in [9.17, 15) is 95.8 Å². The van der Waals surface area contributed by atoms with E-state index in [1.807, 2.05) is 0 Å². The number of carbonyl (C=O) groups excluding carboxylic acids is 4. The molecular weight excluding hydrogens is 1220 g/mol. The fourth-order valence-electron chi connectivity index (χ4n) is 10.4. The minimum Gasteiger partial charge on any atom is -0.508 e. The third-order valence-electron chi connectivity index (χ3n) is 15.2. The van der Waals surface area contributed by atoms with Crippen LogP contribution in [0.1, 0.15) is 28.4 Å². The number of rotatable bonds is 24. The zero-order chi connectivity index (χ0) is 66.0. The molecule has 502 valence electrons. The molecule has 5 aliphatic heterocycles.